The summed E-state index contributed by atoms with van der Waals surface area (Å²) in [5.41, 5.74) is 5.32. The van der Waals surface area contributed by atoms with E-state index < -0.39 is 6.09 Å². The normalized spacial score (nSPS) is 10.9. The number of carbonyl (C=O) groups excluding carboxylic acids is 1. The molecule has 0 atom stereocenters. The Balaban J connectivity index is 2.16. The van der Waals surface area contributed by atoms with Gasteiger partial charge in [-0.3, -0.25) is 5.32 Å². The minimum atomic E-state index is -0.516. The van der Waals surface area contributed by atoms with Crippen molar-refractivity contribution in [2.45, 2.75) is 27.4 Å². The number of hydrogen-bond acceptors (Lipinski definition) is 5. The van der Waals surface area contributed by atoms with Crippen molar-refractivity contribution in [3.8, 4) is 5.75 Å². The molecule has 28 heavy (non-hydrogen) atoms. The van der Waals surface area contributed by atoms with Crippen LogP contribution in [0.2, 0.25) is 0 Å². The molecule has 148 valence electrons. The lowest BCUT2D eigenvalue weighted by Gasteiger charge is -2.15. The Hall–Kier alpha value is -3.28. The maximum atomic E-state index is 11.5. The zero-order valence-corrected chi connectivity index (χ0v) is 16.7. The smallest absolute Gasteiger partial charge is 0.411 e. The number of oxime groups is 1. The zero-order chi connectivity index (χ0) is 20.5. The highest BCUT2D eigenvalue weighted by Crippen LogP contribution is 2.26. The molecule has 0 fully saturated rings. The number of para-hydroxylation sites is 1. The van der Waals surface area contributed by atoms with Crippen molar-refractivity contribution < 1.29 is 19.1 Å². The van der Waals surface area contributed by atoms with Crippen LogP contribution in [0.4, 0.5) is 10.5 Å². The van der Waals surface area contributed by atoms with E-state index in [1.807, 2.05) is 51.1 Å². The van der Waals surface area contributed by atoms with E-state index in [9.17, 15) is 4.79 Å². The van der Waals surface area contributed by atoms with E-state index in [0.717, 1.165) is 33.7 Å². The number of rotatable bonds is 8. The van der Waals surface area contributed by atoms with E-state index in [2.05, 4.69) is 21.8 Å². The molecular weight excluding hydrogens is 356 g/mol. The van der Waals surface area contributed by atoms with Crippen LogP contribution in [0.5, 0.6) is 5.75 Å². The van der Waals surface area contributed by atoms with Crippen molar-refractivity contribution in [2.75, 3.05) is 19.0 Å². The Morgan fingerprint density at radius 3 is 2.68 bits per heavy atom. The van der Waals surface area contributed by atoms with Gasteiger partial charge in [-0.15, -0.1) is 0 Å². The van der Waals surface area contributed by atoms with Gasteiger partial charge < -0.3 is 14.3 Å². The molecule has 0 aromatic heterocycles. The second-order valence-electron chi connectivity index (χ2n) is 6.26. The number of hydrogen-bond donors (Lipinski definition) is 1. The van der Waals surface area contributed by atoms with Crippen LogP contribution < -0.4 is 10.1 Å². The second kappa shape index (κ2) is 10.2. The van der Waals surface area contributed by atoms with Crippen molar-refractivity contribution in [3.63, 3.8) is 0 Å². The third kappa shape index (κ3) is 5.61. The third-order valence-electron chi connectivity index (χ3n) is 4.13. The summed E-state index contributed by atoms with van der Waals surface area (Å²) in [5.74, 6) is 0.772. The maximum absolute atomic E-state index is 11.5. The van der Waals surface area contributed by atoms with E-state index in [1.54, 1.807) is 12.1 Å². The second-order valence-corrected chi connectivity index (χ2v) is 6.26. The molecule has 0 bridgehead atoms. The first kappa shape index (κ1) is 21.0. The van der Waals surface area contributed by atoms with Gasteiger partial charge in [-0.1, -0.05) is 36.0 Å². The highest BCUT2D eigenvalue weighted by Gasteiger charge is 2.11. The van der Waals surface area contributed by atoms with Crippen LogP contribution >= 0.6 is 0 Å². The van der Waals surface area contributed by atoms with Gasteiger partial charge in [0.15, 0.2) is 0 Å². The SMILES string of the molecule is C=CCON=C(C)c1cc(C)c(OCc2ccccc2NC(=O)OC)cc1C. The molecule has 0 heterocycles. The molecule has 0 saturated heterocycles. The summed E-state index contributed by atoms with van der Waals surface area (Å²) in [6.07, 6.45) is 1.14. The quantitative estimate of drug-likeness (QED) is 0.302. The number of aryl methyl sites for hydroxylation is 2. The van der Waals surface area contributed by atoms with Crippen LogP contribution in [0.15, 0.2) is 54.2 Å². The predicted molar refractivity (Wildman–Crippen MR) is 111 cm³/mol. The molecule has 0 aliphatic heterocycles. The lowest BCUT2D eigenvalue weighted by molar-refractivity contribution is 0.175. The fourth-order valence-corrected chi connectivity index (χ4v) is 2.66. The first-order chi connectivity index (χ1) is 13.5. The van der Waals surface area contributed by atoms with E-state index in [-0.39, 0.29) is 0 Å². The van der Waals surface area contributed by atoms with Crippen LogP contribution in [0.25, 0.3) is 0 Å². The van der Waals surface area contributed by atoms with Crippen molar-refractivity contribution in [2.24, 2.45) is 5.16 Å². The Labute approximate surface area is 165 Å². The van der Waals surface area contributed by atoms with Crippen molar-refractivity contribution in [1.29, 1.82) is 0 Å². The number of nitrogens with one attached hydrogen (secondary N) is 1. The Kier molecular flexibility index (Phi) is 7.63. The van der Waals surface area contributed by atoms with Crippen LogP contribution in [-0.4, -0.2) is 25.5 Å². The standard InChI is InChI=1S/C22H26N2O4/c1-6-11-28-24-17(4)19-12-16(3)21(13-15(19)2)27-14-18-9-7-8-10-20(18)23-22(25)26-5/h6-10,12-13H,1,11,14H2,2-5H3,(H,23,25). The molecule has 0 aliphatic rings. The highest BCUT2D eigenvalue weighted by molar-refractivity contribution is 6.00. The average Bonchev–Trinajstić information content (AvgIpc) is 2.69. The molecule has 0 spiro atoms. The maximum Gasteiger partial charge on any atom is 0.411 e. The Morgan fingerprint density at radius 1 is 1.21 bits per heavy atom. The zero-order valence-electron chi connectivity index (χ0n) is 16.7. The summed E-state index contributed by atoms with van der Waals surface area (Å²) in [6, 6.07) is 11.4. The number of amides is 1. The van der Waals surface area contributed by atoms with Gasteiger partial charge in [0.2, 0.25) is 0 Å². The first-order valence-electron chi connectivity index (χ1n) is 8.91. The van der Waals surface area contributed by atoms with E-state index in [0.29, 0.717) is 18.9 Å². The fraction of sp³-hybridized carbons (Fsp3) is 0.273. The predicted octanol–water partition coefficient (Wildman–Crippen LogP) is 4.99. The van der Waals surface area contributed by atoms with Crippen molar-refractivity contribution in [3.05, 3.63) is 71.3 Å². The molecule has 1 amide bonds. The molecule has 6 heteroatoms. The Bertz CT molecular complexity index is 875. The third-order valence-corrected chi connectivity index (χ3v) is 4.13. The van der Waals surface area contributed by atoms with Crippen LogP contribution in [0, 0.1) is 13.8 Å². The number of anilines is 1. The lowest BCUT2D eigenvalue weighted by Crippen LogP contribution is -2.13. The van der Waals surface area contributed by atoms with E-state index >= 15 is 0 Å². The first-order valence-corrected chi connectivity index (χ1v) is 8.91. The molecule has 2 rings (SSSR count). The highest BCUT2D eigenvalue weighted by atomic mass is 16.6. The van der Waals surface area contributed by atoms with Gasteiger partial charge in [-0.05, 0) is 50.1 Å². The Morgan fingerprint density at radius 2 is 1.96 bits per heavy atom. The van der Waals surface area contributed by atoms with Gasteiger partial charge in [0.1, 0.15) is 19.0 Å². The molecule has 0 saturated carbocycles. The number of benzene rings is 2. The van der Waals surface area contributed by atoms with Crippen molar-refractivity contribution in [1.82, 2.24) is 0 Å². The van der Waals surface area contributed by atoms with Gasteiger partial charge in [-0.25, -0.2) is 4.79 Å². The van der Waals surface area contributed by atoms with E-state index in [1.165, 1.54) is 7.11 Å². The molecule has 2 aromatic carbocycles. The molecule has 2 aromatic rings. The number of nitrogens with zero attached hydrogens (tertiary/aromatic N) is 1. The van der Waals surface area contributed by atoms with Gasteiger partial charge >= 0.3 is 6.09 Å². The van der Waals surface area contributed by atoms with Gasteiger partial charge in [0.25, 0.3) is 0 Å². The molecule has 6 nitrogen and oxygen atoms in total. The fourth-order valence-electron chi connectivity index (χ4n) is 2.66. The van der Waals surface area contributed by atoms with E-state index in [4.69, 9.17) is 9.57 Å². The number of carbonyl (C=O) groups is 1. The van der Waals surface area contributed by atoms with Gasteiger partial charge in [-0.2, -0.15) is 0 Å². The van der Waals surface area contributed by atoms with Gasteiger partial charge in [0, 0.05) is 11.1 Å². The summed E-state index contributed by atoms with van der Waals surface area (Å²) in [5, 5.41) is 6.80. The number of methoxy groups -OCH3 is 1. The summed E-state index contributed by atoms with van der Waals surface area (Å²) >= 11 is 0. The topological polar surface area (TPSA) is 69.2 Å². The minimum absolute atomic E-state index is 0.315. The summed E-state index contributed by atoms with van der Waals surface area (Å²) in [4.78, 5) is 16.7. The van der Waals surface area contributed by atoms with Gasteiger partial charge in [0.05, 0.1) is 18.5 Å². The largest absolute Gasteiger partial charge is 0.489 e. The molecule has 0 radical (unpaired) electrons. The lowest BCUT2D eigenvalue weighted by atomic mass is 10.0. The minimum Gasteiger partial charge on any atom is -0.489 e. The molecular formula is C22H26N2O4. The van der Waals surface area contributed by atoms with Crippen molar-refractivity contribution >= 4 is 17.5 Å². The van der Waals surface area contributed by atoms with Crippen LogP contribution in [-0.2, 0) is 16.2 Å². The molecule has 0 aliphatic carbocycles. The van der Waals surface area contributed by atoms with Crippen LogP contribution in [0.1, 0.15) is 29.2 Å². The molecule has 0 unspecified atom stereocenters. The summed E-state index contributed by atoms with van der Waals surface area (Å²) in [7, 11) is 1.33. The summed E-state index contributed by atoms with van der Waals surface area (Å²) < 4.78 is 10.7. The average molecular weight is 382 g/mol. The summed E-state index contributed by atoms with van der Waals surface area (Å²) in [6.45, 7) is 10.2. The monoisotopic (exact) mass is 382 g/mol. The van der Waals surface area contributed by atoms with Crippen LogP contribution in [0.3, 0.4) is 0 Å². The molecule has 1 N–H and O–H groups in total. The number of ether oxygens (including phenoxy) is 2.